The number of carbonyl (C=O) groups excluding carboxylic acids is 2. The first-order valence-corrected chi connectivity index (χ1v) is 7.03. The number of nitrogens with zero attached hydrogens (tertiary/aromatic N) is 1. The molecule has 1 amide bonds. The first-order chi connectivity index (χ1) is 9.97. The van der Waals surface area contributed by atoms with Gasteiger partial charge in [-0.25, -0.2) is 4.39 Å². The van der Waals surface area contributed by atoms with E-state index in [0.717, 1.165) is 18.4 Å². The van der Waals surface area contributed by atoms with Gasteiger partial charge in [0.1, 0.15) is 5.82 Å². The van der Waals surface area contributed by atoms with E-state index in [1.807, 2.05) is 0 Å². The van der Waals surface area contributed by atoms with E-state index in [-0.39, 0.29) is 17.8 Å². The third-order valence-electron chi connectivity index (χ3n) is 3.76. The zero-order chi connectivity index (χ0) is 15.1. The van der Waals surface area contributed by atoms with Crippen molar-refractivity contribution in [3.63, 3.8) is 0 Å². The van der Waals surface area contributed by atoms with E-state index in [2.05, 4.69) is 11.9 Å². The molecule has 1 heterocycles. The van der Waals surface area contributed by atoms with Crippen molar-refractivity contribution in [3.8, 4) is 0 Å². The smallest absolute Gasteiger partial charge is 0.299 e. The minimum Gasteiger partial charge on any atom is -0.310 e. The zero-order valence-corrected chi connectivity index (χ0v) is 11.9. The Morgan fingerprint density at radius 1 is 1.43 bits per heavy atom. The first kappa shape index (κ1) is 13.9. The molecule has 1 N–H and O–H groups in total. The van der Waals surface area contributed by atoms with E-state index in [4.69, 9.17) is 0 Å². The number of hydrogen-bond donors (Lipinski definition) is 1. The summed E-state index contributed by atoms with van der Waals surface area (Å²) in [5.74, 6) is -1.86. The lowest BCUT2D eigenvalue weighted by Crippen LogP contribution is -2.34. The third-order valence-corrected chi connectivity index (χ3v) is 3.76. The van der Waals surface area contributed by atoms with Gasteiger partial charge in [0.05, 0.1) is 11.3 Å². The summed E-state index contributed by atoms with van der Waals surface area (Å²) in [4.78, 5) is 25.2. The van der Waals surface area contributed by atoms with Crippen LogP contribution in [0.25, 0.3) is 0 Å². The van der Waals surface area contributed by atoms with Gasteiger partial charge in [-0.3, -0.25) is 14.5 Å². The number of carbonyl (C=O) groups is 2. The van der Waals surface area contributed by atoms with Crippen molar-refractivity contribution in [1.82, 2.24) is 5.32 Å². The summed E-state index contributed by atoms with van der Waals surface area (Å²) >= 11 is 0. The van der Waals surface area contributed by atoms with E-state index < -0.39 is 17.5 Å². The van der Waals surface area contributed by atoms with Crippen LogP contribution in [0.5, 0.6) is 0 Å². The molecule has 0 spiro atoms. The van der Waals surface area contributed by atoms with Gasteiger partial charge in [-0.1, -0.05) is 6.58 Å². The molecule has 2 aliphatic rings. The van der Waals surface area contributed by atoms with E-state index in [9.17, 15) is 14.0 Å². The van der Waals surface area contributed by atoms with Gasteiger partial charge in [-0.05, 0) is 43.0 Å². The minimum atomic E-state index is -0.679. The van der Waals surface area contributed by atoms with E-state index in [1.54, 1.807) is 13.0 Å². The summed E-state index contributed by atoms with van der Waals surface area (Å²) in [6, 6.07) is 3.43. The van der Waals surface area contributed by atoms with Gasteiger partial charge in [-0.2, -0.15) is 0 Å². The molecule has 0 radical (unpaired) electrons. The van der Waals surface area contributed by atoms with Crippen LogP contribution in [0.3, 0.4) is 0 Å². The van der Waals surface area contributed by atoms with Crippen LogP contribution in [0.2, 0.25) is 0 Å². The number of halogens is 1. The second kappa shape index (κ2) is 5.07. The molecular weight excluding hydrogens is 271 g/mol. The molecule has 0 aromatic heterocycles. The Hall–Kier alpha value is -2.01. The maximum atomic E-state index is 14.1. The summed E-state index contributed by atoms with van der Waals surface area (Å²) in [6.45, 7) is 6.34. The van der Waals surface area contributed by atoms with E-state index >= 15 is 0 Å². The van der Waals surface area contributed by atoms with E-state index in [0.29, 0.717) is 18.2 Å². The van der Waals surface area contributed by atoms with Crippen LogP contribution in [0.4, 0.5) is 10.1 Å². The molecule has 0 unspecified atom stereocenters. The SMILES string of the molecule is C=C(CNC1CC1)CN1C(=O)C(=O)c2cc(C)cc(F)c21. The molecule has 1 aliphatic carbocycles. The Morgan fingerprint density at radius 3 is 2.81 bits per heavy atom. The van der Waals surface area contributed by atoms with Gasteiger partial charge < -0.3 is 5.32 Å². The maximum Gasteiger partial charge on any atom is 0.299 e. The molecule has 0 saturated heterocycles. The number of Topliss-reactive ketones (excluding diaryl/α,β-unsaturated/α-hetero) is 1. The van der Waals surface area contributed by atoms with Crippen LogP contribution >= 0.6 is 0 Å². The Kier molecular flexibility index (Phi) is 3.37. The molecule has 1 saturated carbocycles. The Balaban J connectivity index is 1.81. The number of rotatable bonds is 5. The largest absolute Gasteiger partial charge is 0.310 e. The highest BCUT2D eigenvalue weighted by Gasteiger charge is 2.38. The molecule has 5 heteroatoms. The van der Waals surface area contributed by atoms with Crippen LogP contribution in [0.1, 0.15) is 28.8 Å². The lowest BCUT2D eigenvalue weighted by molar-refractivity contribution is -0.114. The molecule has 110 valence electrons. The van der Waals surface area contributed by atoms with Gasteiger partial charge >= 0.3 is 0 Å². The molecule has 3 rings (SSSR count). The maximum absolute atomic E-state index is 14.1. The molecule has 1 aromatic carbocycles. The molecule has 1 aliphatic heterocycles. The van der Waals surface area contributed by atoms with Gasteiger partial charge in [0.2, 0.25) is 0 Å². The van der Waals surface area contributed by atoms with Gasteiger partial charge in [0.25, 0.3) is 11.7 Å². The molecule has 0 bridgehead atoms. The topological polar surface area (TPSA) is 49.4 Å². The molecular formula is C16H17FN2O2. The number of hydrogen-bond acceptors (Lipinski definition) is 3. The van der Waals surface area contributed by atoms with Crippen molar-refractivity contribution in [3.05, 3.63) is 41.2 Å². The first-order valence-electron chi connectivity index (χ1n) is 7.03. The van der Waals surface area contributed by atoms with Gasteiger partial charge in [-0.15, -0.1) is 0 Å². The van der Waals surface area contributed by atoms with Crippen LogP contribution in [-0.2, 0) is 4.79 Å². The van der Waals surface area contributed by atoms with Crippen molar-refractivity contribution in [2.45, 2.75) is 25.8 Å². The standard InChI is InChI=1S/C16H17FN2O2/c1-9-5-12-14(13(17)6-9)19(16(21)15(12)20)8-10(2)7-18-11-3-4-11/h5-6,11,18H,2-4,7-8H2,1H3. The zero-order valence-electron chi connectivity index (χ0n) is 11.9. The van der Waals surface area contributed by atoms with Crippen molar-refractivity contribution < 1.29 is 14.0 Å². The fourth-order valence-corrected chi connectivity index (χ4v) is 2.53. The Bertz CT molecular complexity index is 650. The lowest BCUT2D eigenvalue weighted by atomic mass is 10.1. The Morgan fingerprint density at radius 2 is 2.14 bits per heavy atom. The van der Waals surface area contributed by atoms with Gasteiger partial charge in [0, 0.05) is 19.1 Å². The fourth-order valence-electron chi connectivity index (χ4n) is 2.53. The average molecular weight is 288 g/mol. The highest BCUT2D eigenvalue weighted by atomic mass is 19.1. The third kappa shape index (κ3) is 2.61. The predicted molar refractivity (Wildman–Crippen MR) is 78.0 cm³/mol. The number of aryl methyl sites for hydroxylation is 1. The van der Waals surface area contributed by atoms with Crippen LogP contribution in [-0.4, -0.2) is 30.8 Å². The minimum absolute atomic E-state index is 0.0863. The Labute approximate surface area is 122 Å². The summed E-state index contributed by atoms with van der Waals surface area (Å²) in [7, 11) is 0. The normalized spacial score (nSPS) is 17.3. The molecule has 1 fully saturated rings. The average Bonchev–Trinajstić information content (AvgIpc) is 3.21. The summed E-state index contributed by atoms with van der Waals surface area (Å²) in [5.41, 5.74) is 1.63. The quantitative estimate of drug-likeness (QED) is 0.665. The number of nitrogens with one attached hydrogen (secondary N) is 1. The predicted octanol–water partition coefficient (Wildman–Crippen LogP) is 1.97. The van der Waals surface area contributed by atoms with Crippen LogP contribution in [0.15, 0.2) is 24.3 Å². The molecule has 4 nitrogen and oxygen atoms in total. The number of fused-ring (bicyclic) bond motifs is 1. The van der Waals surface area contributed by atoms with Crippen molar-refractivity contribution in [1.29, 1.82) is 0 Å². The van der Waals surface area contributed by atoms with Crippen LogP contribution in [0, 0.1) is 12.7 Å². The molecule has 21 heavy (non-hydrogen) atoms. The molecule has 1 aromatic rings. The van der Waals surface area contributed by atoms with Crippen molar-refractivity contribution in [2.24, 2.45) is 0 Å². The lowest BCUT2D eigenvalue weighted by Gasteiger charge is -2.19. The molecule has 0 atom stereocenters. The summed E-state index contributed by atoms with van der Waals surface area (Å²) in [6.07, 6.45) is 2.32. The van der Waals surface area contributed by atoms with Crippen molar-refractivity contribution >= 4 is 17.4 Å². The summed E-state index contributed by atoms with van der Waals surface area (Å²) < 4.78 is 14.1. The second-order valence-corrected chi connectivity index (χ2v) is 5.77. The fraction of sp³-hybridized carbons (Fsp3) is 0.375. The summed E-state index contributed by atoms with van der Waals surface area (Å²) in [5, 5.41) is 3.29. The van der Waals surface area contributed by atoms with Gasteiger partial charge in [0.15, 0.2) is 0 Å². The number of amides is 1. The highest BCUT2D eigenvalue weighted by Crippen LogP contribution is 2.33. The number of benzene rings is 1. The highest BCUT2D eigenvalue weighted by molar-refractivity contribution is 6.52. The monoisotopic (exact) mass is 288 g/mol. The number of ketones is 1. The number of anilines is 1. The second-order valence-electron chi connectivity index (χ2n) is 5.77. The van der Waals surface area contributed by atoms with E-state index in [1.165, 1.54) is 11.0 Å². The van der Waals surface area contributed by atoms with Crippen LogP contribution < -0.4 is 10.2 Å². The van der Waals surface area contributed by atoms with Crippen molar-refractivity contribution in [2.75, 3.05) is 18.0 Å².